The molecule has 2 aliphatic rings. The van der Waals surface area contributed by atoms with E-state index in [1.165, 1.54) is 12.1 Å². The minimum Gasteiger partial charge on any atom is -0.392 e. The monoisotopic (exact) mass is 336 g/mol. The predicted octanol–water partition coefficient (Wildman–Crippen LogP) is 1.07. The fourth-order valence-electron chi connectivity index (χ4n) is 2.31. The summed E-state index contributed by atoms with van der Waals surface area (Å²) in [6, 6.07) is 3.75. The predicted molar refractivity (Wildman–Crippen MR) is 75.3 cm³/mol. The first-order chi connectivity index (χ1) is 10.9. The number of fused-ring (bicyclic) bond motifs is 1. The number of hydrogen-bond acceptors (Lipinski definition) is 8. The van der Waals surface area contributed by atoms with Crippen LogP contribution in [0.15, 0.2) is 18.2 Å². The molecule has 2 amide bonds. The second-order valence-corrected chi connectivity index (χ2v) is 5.93. The molecule has 1 atom stereocenters. The van der Waals surface area contributed by atoms with Crippen LogP contribution in [0, 0.1) is 10.1 Å². The highest BCUT2D eigenvalue weighted by molar-refractivity contribution is 7.99. The minimum absolute atomic E-state index is 0.00722. The Kier molecular flexibility index (Phi) is 3.60. The lowest BCUT2D eigenvalue weighted by Crippen LogP contribution is -2.35. The molecule has 0 aromatic heterocycles. The van der Waals surface area contributed by atoms with Crippen molar-refractivity contribution in [3.05, 3.63) is 39.4 Å². The molecule has 1 aromatic carbocycles. The molecule has 1 saturated heterocycles. The molecule has 23 heavy (non-hydrogen) atoms. The summed E-state index contributed by atoms with van der Waals surface area (Å²) in [5.74, 6) is -3.09. The fourth-order valence-corrected chi connectivity index (χ4v) is 3.31. The number of ether oxygens (including phenoxy) is 1. The van der Waals surface area contributed by atoms with Crippen LogP contribution < -0.4 is 0 Å². The van der Waals surface area contributed by atoms with Gasteiger partial charge in [-0.25, -0.2) is 4.31 Å². The number of benzene rings is 1. The van der Waals surface area contributed by atoms with Crippen molar-refractivity contribution in [1.29, 1.82) is 0 Å². The number of carbonyl (C=O) groups is 4. The van der Waals surface area contributed by atoms with Crippen molar-refractivity contribution in [2.45, 2.75) is 18.1 Å². The Morgan fingerprint density at radius 3 is 2.61 bits per heavy atom. The Hall–Kier alpha value is -2.75. The molecular formula is C13H8N2O7S. The Labute approximate surface area is 132 Å². The summed E-state index contributed by atoms with van der Waals surface area (Å²) < 4.78 is 5.17. The zero-order valence-electron chi connectivity index (χ0n) is 11.4. The first-order valence-electron chi connectivity index (χ1n) is 6.47. The van der Waals surface area contributed by atoms with Crippen LogP contribution in [0.2, 0.25) is 0 Å². The highest BCUT2D eigenvalue weighted by Gasteiger charge is 2.44. The van der Waals surface area contributed by atoms with E-state index in [-0.39, 0.29) is 24.0 Å². The van der Waals surface area contributed by atoms with Crippen molar-refractivity contribution < 1.29 is 28.8 Å². The molecular weight excluding hydrogens is 328 g/mol. The summed E-state index contributed by atoms with van der Waals surface area (Å²) in [7, 11) is 0. The number of cyclic esters (lactones) is 2. The zero-order valence-corrected chi connectivity index (χ0v) is 12.2. The van der Waals surface area contributed by atoms with E-state index in [1.807, 2.05) is 0 Å². The van der Waals surface area contributed by atoms with Crippen molar-refractivity contribution in [2.75, 3.05) is 0 Å². The summed E-state index contributed by atoms with van der Waals surface area (Å²) in [4.78, 5) is 57.5. The number of rotatable bonds is 3. The lowest BCUT2D eigenvalue weighted by molar-refractivity contribution is -0.385. The number of carbonyl (C=O) groups excluding carboxylic acids is 4. The molecule has 0 saturated carbocycles. The van der Waals surface area contributed by atoms with E-state index in [9.17, 15) is 29.3 Å². The van der Waals surface area contributed by atoms with Gasteiger partial charge in [0.1, 0.15) is 10.8 Å². The highest BCUT2D eigenvalue weighted by atomic mass is 32.2. The Morgan fingerprint density at radius 2 is 1.96 bits per heavy atom. The van der Waals surface area contributed by atoms with Crippen molar-refractivity contribution >= 4 is 41.4 Å². The molecule has 0 aliphatic carbocycles. The van der Waals surface area contributed by atoms with Gasteiger partial charge in [-0.05, 0) is 24.4 Å². The van der Waals surface area contributed by atoms with Gasteiger partial charge in [-0.15, -0.1) is 0 Å². The zero-order chi connectivity index (χ0) is 16.7. The number of nitrogens with zero attached hydrogens (tertiary/aromatic N) is 2. The van der Waals surface area contributed by atoms with Crippen molar-refractivity contribution in [3.63, 3.8) is 0 Å². The van der Waals surface area contributed by atoms with Gasteiger partial charge in [-0.2, -0.15) is 0 Å². The molecule has 3 rings (SSSR count). The Balaban J connectivity index is 1.89. The van der Waals surface area contributed by atoms with Gasteiger partial charge in [0.2, 0.25) is 0 Å². The van der Waals surface area contributed by atoms with Crippen molar-refractivity contribution in [3.8, 4) is 0 Å². The number of esters is 2. The molecule has 9 nitrogen and oxygen atoms in total. The maximum absolute atomic E-state index is 12.3. The SMILES string of the molecule is O=C1CCC(SN2C(=O)c3cccc([N+](=O)[O-])c3C2=O)C(=O)O1. The second-order valence-electron chi connectivity index (χ2n) is 4.79. The van der Waals surface area contributed by atoms with Gasteiger partial charge in [-0.1, -0.05) is 6.07 Å². The average molecular weight is 336 g/mol. The first kappa shape index (κ1) is 15.2. The summed E-state index contributed by atoms with van der Waals surface area (Å²) in [6.45, 7) is 0. The number of nitro benzene ring substituents is 1. The topological polar surface area (TPSA) is 124 Å². The van der Waals surface area contributed by atoms with Crippen molar-refractivity contribution in [2.24, 2.45) is 0 Å². The maximum Gasteiger partial charge on any atom is 0.328 e. The molecule has 118 valence electrons. The van der Waals surface area contributed by atoms with Crippen LogP contribution in [0.25, 0.3) is 0 Å². The standard InChI is InChI=1S/C13H8N2O7S/c16-9-5-4-8(13(19)22-9)23-14-11(17)6-2-1-3-7(15(20)21)10(6)12(14)18/h1-3,8H,4-5H2. The fraction of sp³-hybridized carbons (Fsp3) is 0.231. The van der Waals surface area contributed by atoms with Crippen molar-refractivity contribution in [1.82, 2.24) is 4.31 Å². The van der Waals surface area contributed by atoms with E-state index in [0.29, 0.717) is 16.3 Å². The molecule has 2 heterocycles. The summed E-state index contributed by atoms with van der Waals surface area (Å²) >= 11 is 0.616. The van der Waals surface area contributed by atoms with Crippen LogP contribution in [-0.4, -0.2) is 38.2 Å². The number of imide groups is 1. The molecule has 0 N–H and O–H groups in total. The highest BCUT2D eigenvalue weighted by Crippen LogP contribution is 2.37. The van der Waals surface area contributed by atoms with Gasteiger partial charge in [-0.3, -0.25) is 29.3 Å². The largest absolute Gasteiger partial charge is 0.392 e. The molecule has 10 heteroatoms. The normalized spacial score (nSPS) is 20.5. The molecule has 2 aliphatic heterocycles. The summed E-state index contributed by atoms with van der Waals surface area (Å²) in [6.07, 6.45) is 0.116. The summed E-state index contributed by atoms with van der Waals surface area (Å²) in [5, 5.41) is 10.1. The molecule has 1 fully saturated rings. The van der Waals surface area contributed by atoms with Gasteiger partial charge in [0.15, 0.2) is 0 Å². The van der Waals surface area contributed by atoms with Crippen LogP contribution in [0.3, 0.4) is 0 Å². The van der Waals surface area contributed by atoms with Gasteiger partial charge in [0.25, 0.3) is 17.5 Å². The lowest BCUT2D eigenvalue weighted by atomic mass is 10.1. The van der Waals surface area contributed by atoms with Crippen LogP contribution in [0.4, 0.5) is 5.69 Å². The number of nitro groups is 1. The third-order valence-electron chi connectivity index (χ3n) is 3.37. The quantitative estimate of drug-likeness (QED) is 0.200. The van der Waals surface area contributed by atoms with E-state index in [1.54, 1.807) is 0 Å². The van der Waals surface area contributed by atoms with Gasteiger partial charge in [0.05, 0.1) is 10.5 Å². The first-order valence-corrected chi connectivity index (χ1v) is 7.31. The van der Waals surface area contributed by atoms with Gasteiger partial charge in [0, 0.05) is 12.5 Å². The smallest absolute Gasteiger partial charge is 0.328 e. The third kappa shape index (κ3) is 2.46. The molecule has 1 unspecified atom stereocenters. The Bertz CT molecular complexity index is 776. The third-order valence-corrected chi connectivity index (χ3v) is 4.60. The van der Waals surface area contributed by atoms with E-state index in [4.69, 9.17) is 0 Å². The van der Waals surface area contributed by atoms with E-state index in [0.717, 1.165) is 6.07 Å². The van der Waals surface area contributed by atoms with Crippen LogP contribution in [-0.2, 0) is 14.3 Å². The molecule has 0 bridgehead atoms. The molecule has 0 spiro atoms. The molecule has 1 aromatic rings. The van der Waals surface area contributed by atoms with E-state index in [2.05, 4.69) is 4.74 Å². The number of amides is 2. The van der Waals surface area contributed by atoms with Crippen LogP contribution in [0.5, 0.6) is 0 Å². The van der Waals surface area contributed by atoms with E-state index >= 15 is 0 Å². The van der Waals surface area contributed by atoms with Crippen LogP contribution in [0.1, 0.15) is 33.6 Å². The Morgan fingerprint density at radius 1 is 1.22 bits per heavy atom. The minimum atomic E-state index is -0.894. The van der Waals surface area contributed by atoms with Crippen LogP contribution >= 0.6 is 11.9 Å². The maximum atomic E-state index is 12.3. The average Bonchev–Trinajstić information content (AvgIpc) is 2.74. The lowest BCUT2D eigenvalue weighted by Gasteiger charge is -2.22. The summed E-state index contributed by atoms with van der Waals surface area (Å²) in [5.41, 5.74) is -0.849. The van der Waals surface area contributed by atoms with Gasteiger partial charge >= 0.3 is 11.9 Å². The van der Waals surface area contributed by atoms with Gasteiger partial charge < -0.3 is 4.74 Å². The second kappa shape index (κ2) is 5.47. The molecule has 0 radical (unpaired) electrons. The number of hydrogen-bond donors (Lipinski definition) is 0. The van der Waals surface area contributed by atoms with E-state index < -0.39 is 39.6 Å².